The molecule has 0 unspecified atom stereocenters. The second-order valence-electron chi connectivity index (χ2n) is 3.98. The molecule has 0 fully saturated rings. The van der Waals surface area contributed by atoms with E-state index in [4.69, 9.17) is 11.6 Å². The van der Waals surface area contributed by atoms with E-state index in [0.717, 1.165) is 4.88 Å². The van der Waals surface area contributed by atoms with Gasteiger partial charge in [-0.25, -0.2) is 8.42 Å². The van der Waals surface area contributed by atoms with E-state index in [9.17, 15) is 8.42 Å². The van der Waals surface area contributed by atoms with Gasteiger partial charge in [0, 0.05) is 20.9 Å². The van der Waals surface area contributed by atoms with Crippen LogP contribution in [0.5, 0.6) is 0 Å². The molecule has 0 amide bonds. The summed E-state index contributed by atoms with van der Waals surface area (Å²) >= 11 is 10.4. The molecule has 0 atom stereocenters. The third-order valence-corrected chi connectivity index (χ3v) is 6.26. The number of benzene rings is 1. The molecule has 1 aromatic carbocycles. The lowest BCUT2D eigenvalue weighted by Crippen LogP contribution is -2.11. The minimum Gasteiger partial charge on any atom is -0.315 e. The molecule has 20 heavy (non-hydrogen) atoms. The highest BCUT2D eigenvalue weighted by Crippen LogP contribution is 2.29. The van der Waals surface area contributed by atoms with Crippen molar-refractivity contribution in [2.24, 2.45) is 0 Å². The predicted molar refractivity (Wildman–Crippen MR) is 87.0 cm³/mol. The number of hydrogen-bond acceptors (Lipinski definition) is 4. The summed E-state index contributed by atoms with van der Waals surface area (Å²) in [5.41, 5.74) is 0.456. The van der Waals surface area contributed by atoms with Gasteiger partial charge in [-0.05, 0) is 53.3 Å². The van der Waals surface area contributed by atoms with Gasteiger partial charge in [0.1, 0.15) is 4.21 Å². The molecule has 0 bridgehead atoms. The standard InChI is InChI=1S/C12H12BrClN2O2S2/c1-15-7-9-3-5-12(19-9)20(17,18)16-11-4-2-8(14)6-10(11)13/h2-6,15-16H,7H2,1H3. The molecule has 0 aliphatic heterocycles. The maximum Gasteiger partial charge on any atom is 0.271 e. The van der Waals surface area contributed by atoms with Gasteiger partial charge in [0.05, 0.1) is 5.69 Å². The zero-order valence-electron chi connectivity index (χ0n) is 10.5. The minimum absolute atomic E-state index is 0.282. The molecule has 2 rings (SSSR count). The van der Waals surface area contributed by atoms with Crippen LogP contribution in [0, 0.1) is 0 Å². The van der Waals surface area contributed by atoms with Crippen molar-refractivity contribution in [2.75, 3.05) is 11.8 Å². The van der Waals surface area contributed by atoms with Gasteiger partial charge in [-0.3, -0.25) is 4.72 Å². The summed E-state index contributed by atoms with van der Waals surface area (Å²) in [7, 11) is -1.76. The Bertz CT molecular complexity index is 716. The second-order valence-corrected chi connectivity index (χ2v) is 8.35. The molecule has 8 heteroatoms. The summed E-state index contributed by atoms with van der Waals surface area (Å²) in [6, 6.07) is 8.29. The van der Waals surface area contributed by atoms with Crippen molar-refractivity contribution < 1.29 is 8.42 Å². The van der Waals surface area contributed by atoms with Gasteiger partial charge >= 0.3 is 0 Å². The number of anilines is 1. The quantitative estimate of drug-likeness (QED) is 0.812. The monoisotopic (exact) mass is 394 g/mol. The SMILES string of the molecule is CNCc1ccc(S(=O)(=O)Nc2ccc(Cl)cc2Br)s1. The molecular weight excluding hydrogens is 384 g/mol. The summed E-state index contributed by atoms with van der Waals surface area (Å²) in [5, 5.41) is 3.52. The number of halogens is 2. The molecule has 108 valence electrons. The van der Waals surface area contributed by atoms with Gasteiger partial charge in [-0.15, -0.1) is 11.3 Å². The Balaban J connectivity index is 2.26. The van der Waals surface area contributed by atoms with Crippen LogP contribution in [0.3, 0.4) is 0 Å². The van der Waals surface area contributed by atoms with Crippen LogP contribution in [0.1, 0.15) is 4.88 Å². The lowest BCUT2D eigenvalue weighted by atomic mass is 10.3. The Morgan fingerprint density at radius 2 is 2.05 bits per heavy atom. The van der Waals surface area contributed by atoms with E-state index in [1.165, 1.54) is 11.3 Å². The molecule has 0 radical (unpaired) electrons. The van der Waals surface area contributed by atoms with Crippen molar-refractivity contribution in [3.05, 3.63) is 44.7 Å². The molecule has 0 saturated carbocycles. The molecule has 1 heterocycles. The van der Waals surface area contributed by atoms with E-state index in [1.54, 1.807) is 30.3 Å². The molecule has 1 aromatic heterocycles. The number of thiophene rings is 1. The fourth-order valence-corrected chi connectivity index (χ4v) is 4.90. The Morgan fingerprint density at radius 3 is 2.70 bits per heavy atom. The third-order valence-electron chi connectivity index (χ3n) is 2.43. The first-order valence-corrected chi connectivity index (χ1v) is 9.10. The van der Waals surface area contributed by atoms with Gasteiger partial charge < -0.3 is 5.32 Å². The van der Waals surface area contributed by atoms with Gasteiger partial charge in [0.2, 0.25) is 0 Å². The molecule has 2 N–H and O–H groups in total. The van der Waals surface area contributed by atoms with Crippen LogP contribution in [-0.4, -0.2) is 15.5 Å². The van der Waals surface area contributed by atoms with Crippen LogP contribution in [-0.2, 0) is 16.6 Å². The number of sulfonamides is 1. The molecular formula is C12H12BrClN2O2S2. The summed E-state index contributed by atoms with van der Waals surface area (Å²) < 4.78 is 28.0. The number of rotatable bonds is 5. The Hall–Kier alpha value is -0.600. The van der Waals surface area contributed by atoms with E-state index >= 15 is 0 Å². The highest BCUT2D eigenvalue weighted by Gasteiger charge is 2.18. The molecule has 0 aliphatic rings. The first kappa shape index (κ1) is 15.8. The van der Waals surface area contributed by atoms with Gasteiger partial charge in [-0.1, -0.05) is 11.6 Å². The normalized spacial score (nSPS) is 11.6. The van der Waals surface area contributed by atoms with Crippen LogP contribution in [0.4, 0.5) is 5.69 Å². The van der Waals surface area contributed by atoms with Crippen LogP contribution < -0.4 is 10.0 Å². The Labute approximate surface area is 135 Å². The highest BCUT2D eigenvalue weighted by atomic mass is 79.9. The fourth-order valence-electron chi connectivity index (χ4n) is 1.54. The van der Waals surface area contributed by atoms with E-state index in [-0.39, 0.29) is 4.21 Å². The molecule has 4 nitrogen and oxygen atoms in total. The van der Waals surface area contributed by atoms with E-state index in [1.807, 2.05) is 7.05 Å². The molecule has 0 spiro atoms. The van der Waals surface area contributed by atoms with Gasteiger partial charge in [-0.2, -0.15) is 0 Å². The molecule has 0 saturated heterocycles. The topological polar surface area (TPSA) is 58.2 Å². The molecule has 0 aliphatic carbocycles. The van der Waals surface area contributed by atoms with E-state index < -0.39 is 10.0 Å². The van der Waals surface area contributed by atoms with Crippen LogP contribution in [0.15, 0.2) is 39.0 Å². The van der Waals surface area contributed by atoms with Gasteiger partial charge in [0.25, 0.3) is 10.0 Å². The zero-order valence-corrected chi connectivity index (χ0v) is 14.5. The highest BCUT2D eigenvalue weighted by molar-refractivity contribution is 9.10. The Morgan fingerprint density at radius 1 is 1.30 bits per heavy atom. The number of nitrogens with one attached hydrogen (secondary N) is 2. The fraction of sp³-hybridized carbons (Fsp3) is 0.167. The van der Waals surface area contributed by atoms with Gasteiger partial charge in [0.15, 0.2) is 0 Å². The van der Waals surface area contributed by atoms with E-state index in [0.29, 0.717) is 21.7 Å². The predicted octanol–water partition coefficient (Wildman–Crippen LogP) is 3.68. The lowest BCUT2D eigenvalue weighted by Gasteiger charge is -2.08. The van der Waals surface area contributed by atoms with Crippen molar-refractivity contribution in [3.8, 4) is 0 Å². The summed E-state index contributed by atoms with van der Waals surface area (Å²) in [4.78, 5) is 0.961. The van der Waals surface area contributed by atoms with Crippen molar-refractivity contribution >= 4 is 54.6 Å². The average Bonchev–Trinajstić information content (AvgIpc) is 2.83. The maximum absolute atomic E-state index is 12.3. The van der Waals surface area contributed by atoms with Crippen LogP contribution >= 0.6 is 38.9 Å². The van der Waals surface area contributed by atoms with Crippen molar-refractivity contribution in [1.29, 1.82) is 0 Å². The van der Waals surface area contributed by atoms with Crippen LogP contribution in [0.2, 0.25) is 5.02 Å². The smallest absolute Gasteiger partial charge is 0.271 e. The third kappa shape index (κ3) is 3.73. The van der Waals surface area contributed by atoms with Crippen molar-refractivity contribution in [3.63, 3.8) is 0 Å². The second kappa shape index (κ2) is 6.44. The summed E-state index contributed by atoms with van der Waals surface area (Å²) in [5.74, 6) is 0. The van der Waals surface area contributed by atoms with E-state index in [2.05, 4.69) is 26.0 Å². The lowest BCUT2D eigenvalue weighted by molar-refractivity contribution is 0.603. The maximum atomic E-state index is 12.3. The van der Waals surface area contributed by atoms with Crippen molar-refractivity contribution in [2.45, 2.75) is 10.8 Å². The zero-order chi connectivity index (χ0) is 14.8. The van der Waals surface area contributed by atoms with Crippen molar-refractivity contribution in [1.82, 2.24) is 5.32 Å². The van der Waals surface area contributed by atoms with Crippen LogP contribution in [0.25, 0.3) is 0 Å². The summed E-state index contributed by atoms with van der Waals surface area (Å²) in [6.45, 7) is 0.644. The average molecular weight is 396 g/mol. The first-order chi connectivity index (χ1) is 9.42. The minimum atomic E-state index is -3.58. The largest absolute Gasteiger partial charge is 0.315 e. The first-order valence-electron chi connectivity index (χ1n) is 5.63. The summed E-state index contributed by atoms with van der Waals surface area (Å²) in [6.07, 6.45) is 0. The number of hydrogen-bond donors (Lipinski definition) is 2. The Kier molecular flexibility index (Phi) is 5.09. The molecule has 2 aromatic rings.